The van der Waals surface area contributed by atoms with E-state index in [0.717, 1.165) is 50.9 Å². The van der Waals surface area contributed by atoms with E-state index in [1.807, 2.05) is 31.5 Å². The number of hydrogen-bond donors (Lipinski definition) is 0. The minimum Gasteiger partial charge on any atom is -0.465 e. The lowest BCUT2D eigenvalue weighted by atomic mass is 9.82. The number of aromatic nitrogens is 1. The summed E-state index contributed by atoms with van der Waals surface area (Å²) in [5, 5.41) is 0. The zero-order valence-electron chi connectivity index (χ0n) is 15.9. The molecule has 5 heteroatoms. The average Bonchev–Trinajstić information content (AvgIpc) is 3.01. The number of ether oxygens (including phenoxy) is 1. The highest BCUT2D eigenvalue weighted by molar-refractivity contribution is 5.09. The van der Waals surface area contributed by atoms with Gasteiger partial charge in [-0.3, -0.25) is 9.88 Å². The monoisotopic (exact) mass is 355 g/mol. The van der Waals surface area contributed by atoms with Gasteiger partial charge in [0.05, 0.1) is 18.8 Å². The molecule has 5 nitrogen and oxygen atoms in total. The van der Waals surface area contributed by atoms with Crippen LogP contribution in [0.2, 0.25) is 0 Å². The highest BCUT2D eigenvalue weighted by Gasteiger charge is 2.46. The molecule has 0 radical (unpaired) electrons. The van der Waals surface area contributed by atoms with Crippen LogP contribution in [0.4, 0.5) is 0 Å². The van der Waals surface area contributed by atoms with Crippen molar-refractivity contribution in [1.29, 1.82) is 0 Å². The Morgan fingerprint density at radius 2 is 2.19 bits per heavy atom. The smallest absolute Gasteiger partial charge is 0.118 e. The number of pyridine rings is 1. The van der Waals surface area contributed by atoms with Crippen LogP contribution in [0.3, 0.4) is 0 Å². The van der Waals surface area contributed by atoms with Crippen molar-refractivity contribution >= 4 is 0 Å². The fourth-order valence-corrected chi connectivity index (χ4v) is 4.29. The predicted octanol–water partition coefficient (Wildman–Crippen LogP) is 3.10. The molecule has 4 heterocycles. The first-order valence-electron chi connectivity index (χ1n) is 9.59. The zero-order chi connectivity index (χ0) is 18.0. The number of hydrogen-bond acceptors (Lipinski definition) is 5. The van der Waals surface area contributed by atoms with E-state index in [4.69, 9.17) is 9.15 Å². The topological polar surface area (TPSA) is 41.7 Å². The first-order valence-corrected chi connectivity index (χ1v) is 9.59. The highest BCUT2D eigenvalue weighted by Crippen LogP contribution is 2.37. The first-order chi connectivity index (χ1) is 12.6. The van der Waals surface area contributed by atoms with Gasteiger partial charge >= 0.3 is 0 Å². The largest absolute Gasteiger partial charge is 0.465 e. The van der Waals surface area contributed by atoms with Crippen molar-refractivity contribution in [2.45, 2.75) is 38.5 Å². The summed E-state index contributed by atoms with van der Waals surface area (Å²) in [5.41, 5.74) is 1.37. The summed E-state index contributed by atoms with van der Waals surface area (Å²) in [5.74, 6) is 2.68. The number of likely N-dealkylation sites (tertiary alicyclic amines) is 1. The van der Waals surface area contributed by atoms with Gasteiger partial charge in [0.15, 0.2) is 0 Å². The maximum atomic E-state index is 6.33. The molecule has 0 bridgehead atoms. The Morgan fingerprint density at radius 1 is 1.31 bits per heavy atom. The Morgan fingerprint density at radius 3 is 2.85 bits per heavy atom. The Bertz CT molecular complexity index is 699. The highest BCUT2D eigenvalue weighted by atomic mass is 16.5. The van der Waals surface area contributed by atoms with E-state index < -0.39 is 0 Å². The summed E-state index contributed by atoms with van der Waals surface area (Å²) in [4.78, 5) is 9.01. The molecule has 2 fully saturated rings. The average molecular weight is 355 g/mol. The molecule has 2 aliphatic rings. The fourth-order valence-electron chi connectivity index (χ4n) is 4.29. The van der Waals surface area contributed by atoms with Gasteiger partial charge in [-0.2, -0.15) is 0 Å². The maximum absolute atomic E-state index is 6.33. The first kappa shape index (κ1) is 17.7. The molecule has 140 valence electrons. The molecule has 0 aliphatic carbocycles. The van der Waals surface area contributed by atoms with Crippen LogP contribution in [-0.4, -0.2) is 53.7 Å². The van der Waals surface area contributed by atoms with E-state index in [2.05, 4.69) is 34.0 Å². The Labute approximate surface area is 156 Å². The summed E-state index contributed by atoms with van der Waals surface area (Å²) < 4.78 is 12.0. The Kier molecular flexibility index (Phi) is 5.11. The fraction of sp³-hybridized carbons (Fsp3) is 0.571. The van der Waals surface area contributed by atoms with Gasteiger partial charge in [-0.05, 0) is 56.5 Å². The van der Waals surface area contributed by atoms with Gasteiger partial charge in [-0.1, -0.05) is 6.07 Å². The summed E-state index contributed by atoms with van der Waals surface area (Å²) >= 11 is 0. The standard InChI is InChI=1S/C21H29N3O2/c1-17-5-6-20(26-17)13-24-15-21(16-24)8-7-19(14-25-21)12-23(2)11-18-4-3-9-22-10-18/h3-6,9-10,19H,7-8,11-16H2,1-2H3/t19-/m1/s1. The van der Waals surface area contributed by atoms with Gasteiger partial charge in [0.2, 0.25) is 0 Å². The molecular weight excluding hydrogens is 326 g/mol. The number of nitrogens with zero attached hydrogens (tertiary/aromatic N) is 3. The summed E-state index contributed by atoms with van der Waals surface area (Å²) in [6, 6.07) is 8.26. The van der Waals surface area contributed by atoms with Crippen molar-refractivity contribution in [3.05, 3.63) is 53.7 Å². The van der Waals surface area contributed by atoms with E-state index in [0.29, 0.717) is 5.92 Å². The molecule has 26 heavy (non-hydrogen) atoms. The van der Waals surface area contributed by atoms with Crippen LogP contribution >= 0.6 is 0 Å². The van der Waals surface area contributed by atoms with Crippen molar-refractivity contribution < 1.29 is 9.15 Å². The molecule has 2 aromatic rings. The van der Waals surface area contributed by atoms with Crippen molar-refractivity contribution in [3.8, 4) is 0 Å². The summed E-state index contributed by atoms with van der Waals surface area (Å²) in [7, 11) is 2.19. The number of rotatable bonds is 6. The minimum absolute atomic E-state index is 0.0973. The molecule has 0 amide bonds. The number of aryl methyl sites for hydroxylation is 1. The van der Waals surface area contributed by atoms with Crippen LogP contribution in [0.15, 0.2) is 41.1 Å². The minimum atomic E-state index is 0.0973. The molecule has 2 aromatic heterocycles. The maximum Gasteiger partial charge on any atom is 0.118 e. The van der Waals surface area contributed by atoms with E-state index in [1.54, 1.807) is 0 Å². The van der Waals surface area contributed by atoms with Crippen molar-refractivity contribution in [1.82, 2.24) is 14.8 Å². The van der Waals surface area contributed by atoms with Gasteiger partial charge in [0, 0.05) is 38.6 Å². The molecule has 0 aromatic carbocycles. The summed E-state index contributed by atoms with van der Waals surface area (Å²) in [6.45, 7) is 7.88. The van der Waals surface area contributed by atoms with Crippen LogP contribution in [0.25, 0.3) is 0 Å². The third-order valence-corrected chi connectivity index (χ3v) is 5.58. The normalized spacial score (nSPS) is 22.7. The third kappa shape index (κ3) is 4.17. The summed E-state index contributed by atoms with van der Waals surface area (Å²) in [6.07, 6.45) is 6.20. The third-order valence-electron chi connectivity index (χ3n) is 5.58. The second-order valence-corrected chi connectivity index (χ2v) is 8.11. The molecule has 1 spiro atoms. The van der Waals surface area contributed by atoms with Gasteiger partial charge in [-0.25, -0.2) is 0 Å². The molecule has 2 saturated heterocycles. The van der Waals surface area contributed by atoms with Crippen LogP contribution in [0, 0.1) is 12.8 Å². The Balaban J connectivity index is 1.19. The van der Waals surface area contributed by atoms with Gasteiger partial charge < -0.3 is 14.1 Å². The SMILES string of the molecule is Cc1ccc(CN2CC3(CC[C@H](CN(C)Cc4cccnc4)CO3)C2)o1. The van der Waals surface area contributed by atoms with Crippen molar-refractivity contribution in [3.63, 3.8) is 0 Å². The van der Waals surface area contributed by atoms with E-state index in [-0.39, 0.29) is 5.60 Å². The van der Waals surface area contributed by atoms with Crippen LogP contribution in [0.1, 0.15) is 29.9 Å². The molecule has 4 rings (SSSR count). The second kappa shape index (κ2) is 7.51. The molecule has 2 aliphatic heterocycles. The van der Waals surface area contributed by atoms with E-state index >= 15 is 0 Å². The molecular formula is C21H29N3O2. The lowest BCUT2D eigenvalue weighted by Crippen LogP contribution is -2.64. The van der Waals surface area contributed by atoms with Crippen molar-refractivity contribution in [2.75, 3.05) is 33.3 Å². The molecule has 0 N–H and O–H groups in total. The van der Waals surface area contributed by atoms with Crippen LogP contribution in [0.5, 0.6) is 0 Å². The predicted molar refractivity (Wildman–Crippen MR) is 101 cm³/mol. The lowest BCUT2D eigenvalue weighted by Gasteiger charge is -2.53. The quantitative estimate of drug-likeness (QED) is 0.796. The van der Waals surface area contributed by atoms with E-state index in [9.17, 15) is 0 Å². The van der Waals surface area contributed by atoms with Crippen LogP contribution in [-0.2, 0) is 17.8 Å². The van der Waals surface area contributed by atoms with Gasteiger partial charge in [-0.15, -0.1) is 0 Å². The molecule has 0 saturated carbocycles. The molecule has 0 unspecified atom stereocenters. The molecule has 1 atom stereocenters. The van der Waals surface area contributed by atoms with Gasteiger partial charge in [0.1, 0.15) is 11.5 Å². The zero-order valence-corrected chi connectivity index (χ0v) is 15.9. The van der Waals surface area contributed by atoms with Gasteiger partial charge in [0.25, 0.3) is 0 Å². The second-order valence-electron chi connectivity index (χ2n) is 8.11. The van der Waals surface area contributed by atoms with E-state index in [1.165, 1.54) is 18.4 Å². The Hall–Kier alpha value is -1.69. The van der Waals surface area contributed by atoms with Crippen LogP contribution < -0.4 is 0 Å². The number of furan rings is 1. The van der Waals surface area contributed by atoms with Crippen molar-refractivity contribution in [2.24, 2.45) is 5.92 Å². The lowest BCUT2D eigenvalue weighted by molar-refractivity contribution is -0.184.